The predicted molar refractivity (Wildman–Crippen MR) is 53.6 cm³/mol. The molecule has 1 unspecified atom stereocenters. The highest BCUT2D eigenvalue weighted by Gasteiger charge is 2.16. The van der Waals surface area contributed by atoms with Crippen LogP contribution in [0.2, 0.25) is 0 Å². The Balaban J connectivity index is 0. The first-order chi connectivity index (χ1) is 5.61. The van der Waals surface area contributed by atoms with Crippen LogP contribution in [0.5, 0.6) is 0 Å². The van der Waals surface area contributed by atoms with E-state index in [1.165, 1.54) is 7.11 Å². The number of hydrogen-bond acceptors (Lipinski definition) is 3. The fourth-order valence-electron chi connectivity index (χ4n) is 0.771. The minimum Gasteiger partial charge on any atom is -0.463 e. The molecule has 0 saturated heterocycles. The van der Waals surface area contributed by atoms with Crippen molar-refractivity contribution in [1.29, 1.82) is 0 Å². The quantitative estimate of drug-likeness (QED) is 0.624. The lowest BCUT2D eigenvalue weighted by Gasteiger charge is -2.13. The molecule has 80 valence electrons. The van der Waals surface area contributed by atoms with Crippen molar-refractivity contribution in [1.82, 2.24) is 0 Å². The molecule has 0 amide bonds. The molecular weight excluding hydrogens is 168 g/mol. The zero-order chi connectivity index (χ0) is 9.56. The van der Waals surface area contributed by atoms with E-state index in [4.69, 9.17) is 9.47 Å². The number of rotatable bonds is 5. The Morgan fingerprint density at radius 2 is 1.92 bits per heavy atom. The fourth-order valence-corrected chi connectivity index (χ4v) is 0.771. The molecule has 0 spiro atoms. The first-order valence-corrected chi connectivity index (χ1v) is 4.31. The van der Waals surface area contributed by atoms with Gasteiger partial charge >= 0.3 is 5.97 Å². The fraction of sp³-hybridized carbons (Fsp3) is 0.900. The van der Waals surface area contributed by atoms with Gasteiger partial charge in [-0.05, 0) is 12.3 Å². The molecular formula is C10H22O3. The summed E-state index contributed by atoms with van der Waals surface area (Å²) >= 11 is 0. The molecule has 0 aromatic carbocycles. The first-order valence-electron chi connectivity index (χ1n) is 4.31. The smallest absolute Gasteiger partial charge is 0.335 e. The van der Waals surface area contributed by atoms with E-state index in [0.717, 1.165) is 0 Å². The number of hydrogen-bond donors (Lipinski definition) is 0. The van der Waals surface area contributed by atoms with Gasteiger partial charge in [-0.1, -0.05) is 28.2 Å². The van der Waals surface area contributed by atoms with Crippen molar-refractivity contribution in [2.24, 2.45) is 5.92 Å². The van der Waals surface area contributed by atoms with Gasteiger partial charge in [-0.2, -0.15) is 0 Å². The molecule has 0 heterocycles. The van der Waals surface area contributed by atoms with E-state index in [1.54, 1.807) is 0 Å². The van der Waals surface area contributed by atoms with E-state index < -0.39 is 6.10 Å². The molecule has 13 heavy (non-hydrogen) atoms. The van der Waals surface area contributed by atoms with Crippen LogP contribution in [-0.4, -0.2) is 25.8 Å². The third kappa shape index (κ3) is 6.58. The van der Waals surface area contributed by atoms with Crippen molar-refractivity contribution < 1.29 is 14.3 Å². The van der Waals surface area contributed by atoms with Crippen molar-refractivity contribution in [2.45, 2.75) is 40.7 Å². The average molecular weight is 190 g/mol. The number of methoxy groups -OCH3 is 1. The summed E-state index contributed by atoms with van der Waals surface area (Å²) < 4.78 is 9.90. The monoisotopic (exact) mass is 190 g/mol. The van der Waals surface area contributed by atoms with Crippen molar-refractivity contribution >= 4 is 5.97 Å². The Labute approximate surface area is 81.4 Å². The largest absolute Gasteiger partial charge is 0.463 e. The second-order valence-electron chi connectivity index (χ2n) is 3.16. The van der Waals surface area contributed by atoms with Crippen LogP contribution >= 0.6 is 0 Å². The van der Waals surface area contributed by atoms with Crippen LogP contribution in [0.4, 0.5) is 0 Å². The third-order valence-electron chi connectivity index (χ3n) is 1.48. The van der Waals surface area contributed by atoms with Gasteiger partial charge in [-0.3, -0.25) is 0 Å². The summed E-state index contributed by atoms with van der Waals surface area (Å²) in [5.41, 5.74) is 0. The second kappa shape index (κ2) is 8.05. The SMILES string of the molecule is C.CCC(OC)C(=O)OCC(C)C. The summed E-state index contributed by atoms with van der Waals surface area (Å²) in [5, 5.41) is 0. The lowest BCUT2D eigenvalue weighted by molar-refractivity contribution is -0.156. The van der Waals surface area contributed by atoms with Crippen molar-refractivity contribution in [3.63, 3.8) is 0 Å². The first kappa shape index (κ1) is 14.9. The standard InChI is InChI=1S/C9H18O3.CH4/c1-5-8(11-4)9(10)12-6-7(2)3;/h7-8H,5-6H2,1-4H3;1H4. The Kier molecular flexibility index (Phi) is 9.24. The molecule has 0 fully saturated rings. The Morgan fingerprint density at radius 1 is 1.38 bits per heavy atom. The summed E-state index contributed by atoms with van der Waals surface area (Å²) in [4.78, 5) is 11.2. The number of esters is 1. The van der Waals surface area contributed by atoms with Crippen LogP contribution in [0.1, 0.15) is 34.6 Å². The van der Waals surface area contributed by atoms with Crippen LogP contribution < -0.4 is 0 Å². The normalized spacial score (nSPS) is 12.1. The summed E-state index contributed by atoms with van der Waals surface area (Å²) in [6.45, 7) is 6.37. The molecule has 0 aromatic rings. The molecule has 0 N–H and O–H groups in total. The lowest BCUT2D eigenvalue weighted by atomic mass is 10.2. The molecule has 0 radical (unpaired) electrons. The van der Waals surface area contributed by atoms with Gasteiger partial charge in [0, 0.05) is 7.11 Å². The maximum absolute atomic E-state index is 11.2. The minimum absolute atomic E-state index is 0. The summed E-state index contributed by atoms with van der Waals surface area (Å²) in [7, 11) is 1.52. The molecule has 1 atom stereocenters. The molecule has 0 saturated carbocycles. The van der Waals surface area contributed by atoms with Crippen molar-refractivity contribution in [2.75, 3.05) is 13.7 Å². The Bertz CT molecular complexity index is 128. The molecule has 0 aliphatic carbocycles. The number of carbonyl (C=O) groups excluding carboxylic acids is 1. The van der Waals surface area contributed by atoms with Gasteiger partial charge in [0.2, 0.25) is 0 Å². The van der Waals surface area contributed by atoms with E-state index in [1.807, 2.05) is 20.8 Å². The van der Waals surface area contributed by atoms with E-state index in [-0.39, 0.29) is 13.4 Å². The highest BCUT2D eigenvalue weighted by atomic mass is 16.6. The van der Waals surface area contributed by atoms with Gasteiger partial charge in [0.15, 0.2) is 6.10 Å². The molecule has 0 rings (SSSR count). The van der Waals surface area contributed by atoms with Crippen molar-refractivity contribution in [3.8, 4) is 0 Å². The summed E-state index contributed by atoms with van der Waals surface area (Å²) in [5.74, 6) is 0.122. The topological polar surface area (TPSA) is 35.5 Å². The Morgan fingerprint density at radius 3 is 2.23 bits per heavy atom. The van der Waals surface area contributed by atoms with Gasteiger partial charge in [0.25, 0.3) is 0 Å². The van der Waals surface area contributed by atoms with E-state index in [0.29, 0.717) is 18.9 Å². The summed E-state index contributed by atoms with van der Waals surface area (Å²) in [6.07, 6.45) is 0.261. The Hall–Kier alpha value is -0.570. The van der Waals surface area contributed by atoms with Crippen LogP contribution in [0.25, 0.3) is 0 Å². The van der Waals surface area contributed by atoms with Crippen LogP contribution in [-0.2, 0) is 14.3 Å². The van der Waals surface area contributed by atoms with Crippen LogP contribution in [0.15, 0.2) is 0 Å². The maximum atomic E-state index is 11.2. The summed E-state index contributed by atoms with van der Waals surface area (Å²) in [6, 6.07) is 0. The molecule has 3 heteroatoms. The van der Waals surface area contributed by atoms with Crippen molar-refractivity contribution in [3.05, 3.63) is 0 Å². The van der Waals surface area contributed by atoms with Gasteiger partial charge in [-0.25, -0.2) is 4.79 Å². The van der Waals surface area contributed by atoms with Gasteiger partial charge < -0.3 is 9.47 Å². The molecule has 0 aliphatic heterocycles. The highest BCUT2D eigenvalue weighted by molar-refractivity contribution is 5.74. The maximum Gasteiger partial charge on any atom is 0.335 e. The lowest BCUT2D eigenvalue weighted by Crippen LogP contribution is -2.25. The van der Waals surface area contributed by atoms with E-state index in [9.17, 15) is 4.79 Å². The molecule has 0 bridgehead atoms. The highest BCUT2D eigenvalue weighted by Crippen LogP contribution is 2.01. The zero-order valence-electron chi connectivity index (χ0n) is 8.29. The molecule has 3 nitrogen and oxygen atoms in total. The molecule has 0 aromatic heterocycles. The number of carbonyl (C=O) groups is 1. The van der Waals surface area contributed by atoms with Crippen LogP contribution in [0, 0.1) is 5.92 Å². The average Bonchev–Trinajstić information content (AvgIpc) is 2.03. The molecule has 0 aliphatic rings. The van der Waals surface area contributed by atoms with Gasteiger partial charge in [0.1, 0.15) is 0 Å². The van der Waals surface area contributed by atoms with Gasteiger partial charge in [0.05, 0.1) is 6.61 Å². The second-order valence-corrected chi connectivity index (χ2v) is 3.16. The number of ether oxygens (including phenoxy) is 2. The zero-order valence-corrected chi connectivity index (χ0v) is 8.29. The predicted octanol–water partition coefficient (Wildman–Crippen LogP) is 2.25. The van der Waals surface area contributed by atoms with E-state index in [2.05, 4.69) is 0 Å². The van der Waals surface area contributed by atoms with Gasteiger partial charge in [-0.15, -0.1) is 0 Å². The van der Waals surface area contributed by atoms with E-state index >= 15 is 0 Å². The minimum atomic E-state index is -0.399. The van der Waals surface area contributed by atoms with Crippen LogP contribution in [0.3, 0.4) is 0 Å². The third-order valence-corrected chi connectivity index (χ3v) is 1.48.